The zero-order chi connectivity index (χ0) is 11.8. The van der Waals surface area contributed by atoms with Gasteiger partial charge in [-0.25, -0.2) is 8.78 Å². The van der Waals surface area contributed by atoms with Crippen molar-refractivity contribution in [1.29, 1.82) is 0 Å². The van der Waals surface area contributed by atoms with Crippen LogP contribution in [-0.4, -0.2) is 55.5 Å². The van der Waals surface area contributed by atoms with E-state index in [1.54, 1.807) is 0 Å². The number of piperidine rings is 1. The smallest absolute Gasteiger partial charge is 0.261 e. The second-order valence-corrected chi connectivity index (χ2v) is 5.93. The van der Waals surface area contributed by atoms with E-state index in [0.717, 1.165) is 32.5 Å². The molecule has 0 aromatic rings. The third kappa shape index (κ3) is 2.92. The average Bonchev–Trinajstić information content (AvgIpc) is 2.51. The molecule has 2 aliphatic rings. The summed E-state index contributed by atoms with van der Waals surface area (Å²) in [5.41, 5.74) is 0.243. The number of hydrogen-bond acceptors (Lipinski definition) is 2. The van der Waals surface area contributed by atoms with Crippen LogP contribution in [0.5, 0.6) is 0 Å². The van der Waals surface area contributed by atoms with Gasteiger partial charge in [0.15, 0.2) is 0 Å². The molecular weight excluding hydrogens is 210 g/mol. The molecule has 0 saturated carbocycles. The summed E-state index contributed by atoms with van der Waals surface area (Å²) in [6.07, 6.45) is 2.31. The van der Waals surface area contributed by atoms with Gasteiger partial charge in [-0.05, 0) is 38.4 Å². The molecule has 0 unspecified atom stereocenters. The monoisotopic (exact) mass is 232 g/mol. The number of halogens is 2. The molecule has 0 aliphatic carbocycles. The normalized spacial score (nSPS) is 30.8. The highest BCUT2D eigenvalue weighted by Crippen LogP contribution is 2.35. The molecule has 16 heavy (non-hydrogen) atoms. The molecular formula is C12H22F2N2. The Balaban J connectivity index is 1.85. The van der Waals surface area contributed by atoms with E-state index in [0.29, 0.717) is 6.54 Å². The molecule has 2 rings (SSSR count). The molecule has 0 aromatic carbocycles. The zero-order valence-corrected chi connectivity index (χ0v) is 10.3. The fourth-order valence-electron chi connectivity index (χ4n) is 2.80. The second kappa shape index (κ2) is 4.22. The third-order valence-electron chi connectivity index (χ3n) is 4.05. The summed E-state index contributed by atoms with van der Waals surface area (Å²) in [4.78, 5) is 4.27. The molecule has 2 heterocycles. The molecule has 0 aromatic heterocycles. The Labute approximate surface area is 96.6 Å². The lowest BCUT2D eigenvalue weighted by Crippen LogP contribution is -2.43. The summed E-state index contributed by atoms with van der Waals surface area (Å²) in [6.45, 7) is 5.82. The highest BCUT2D eigenvalue weighted by Gasteiger charge is 2.41. The van der Waals surface area contributed by atoms with E-state index in [1.807, 2.05) is 4.90 Å². The predicted octanol–water partition coefficient (Wildman–Crippen LogP) is 2.06. The maximum Gasteiger partial charge on any atom is 0.261 e. The summed E-state index contributed by atoms with van der Waals surface area (Å²) >= 11 is 0. The van der Waals surface area contributed by atoms with Gasteiger partial charge >= 0.3 is 0 Å². The van der Waals surface area contributed by atoms with Crippen LogP contribution < -0.4 is 0 Å². The molecule has 2 fully saturated rings. The molecule has 0 atom stereocenters. The molecule has 0 radical (unpaired) electrons. The number of likely N-dealkylation sites (tertiary alicyclic amines) is 2. The molecule has 2 saturated heterocycles. The zero-order valence-electron chi connectivity index (χ0n) is 10.3. The van der Waals surface area contributed by atoms with E-state index in [4.69, 9.17) is 0 Å². The summed E-state index contributed by atoms with van der Waals surface area (Å²) in [7, 11) is 2.13. The van der Waals surface area contributed by atoms with Crippen molar-refractivity contribution in [3.05, 3.63) is 0 Å². The topological polar surface area (TPSA) is 6.48 Å². The van der Waals surface area contributed by atoms with Crippen molar-refractivity contribution in [1.82, 2.24) is 9.80 Å². The van der Waals surface area contributed by atoms with E-state index < -0.39 is 5.92 Å². The quantitative estimate of drug-likeness (QED) is 0.719. The summed E-state index contributed by atoms with van der Waals surface area (Å²) in [5, 5.41) is 0. The first kappa shape index (κ1) is 12.2. The van der Waals surface area contributed by atoms with Gasteiger partial charge in [-0.15, -0.1) is 0 Å². The van der Waals surface area contributed by atoms with E-state index in [1.165, 1.54) is 0 Å². The van der Waals surface area contributed by atoms with Crippen LogP contribution in [0.15, 0.2) is 0 Å². The van der Waals surface area contributed by atoms with Gasteiger partial charge in [0.25, 0.3) is 5.92 Å². The number of rotatable bonds is 2. The van der Waals surface area contributed by atoms with Crippen LogP contribution in [-0.2, 0) is 0 Å². The van der Waals surface area contributed by atoms with Crippen molar-refractivity contribution >= 4 is 0 Å². The number of alkyl halides is 2. The van der Waals surface area contributed by atoms with Crippen molar-refractivity contribution < 1.29 is 8.78 Å². The first-order chi connectivity index (χ1) is 7.39. The molecule has 94 valence electrons. The van der Waals surface area contributed by atoms with Crippen molar-refractivity contribution in [2.75, 3.05) is 39.8 Å². The van der Waals surface area contributed by atoms with Gasteiger partial charge in [0, 0.05) is 19.5 Å². The summed E-state index contributed by atoms with van der Waals surface area (Å²) in [5.74, 6) is -2.44. The lowest BCUT2D eigenvalue weighted by atomic mass is 9.80. The van der Waals surface area contributed by atoms with Crippen LogP contribution >= 0.6 is 0 Å². The van der Waals surface area contributed by atoms with E-state index in [9.17, 15) is 8.78 Å². The first-order valence-corrected chi connectivity index (χ1v) is 6.17. The number of nitrogens with zero attached hydrogens (tertiary/aromatic N) is 2. The largest absolute Gasteiger partial charge is 0.306 e. The van der Waals surface area contributed by atoms with Gasteiger partial charge in [-0.3, -0.25) is 4.90 Å². The highest BCUT2D eigenvalue weighted by atomic mass is 19.3. The Morgan fingerprint density at radius 3 is 2.19 bits per heavy atom. The minimum absolute atomic E-state index is 0.0293. The standard InChI is InChI=1S/C12H22F2N2/c1-11(3-6-15(2)7-4-11)9-16-8-5-12(13,14)10-16/h3-10H2,1-2H3. The van der Waals surface area contributed by atoms with E-state index in [2.05, 4.69) is 18.9 Å². The average molecular weight is 232 g/mol. The molecule has 2 aliphatic heterocycles. The van der Waals surface area contributed by atoms with Gasteiger partial charge < -0.3 is 4.90 Å². The van der Waals surface area contributed by atoms with Crippen molar-refractivity contribution in [3.63, 3.8) is 0 Å². The molecule has 0 N–H and O–H groups in total. The van der Waals surface area contributed by atoms with E-state index in [-0.39, 0.29) is 18.4 Å². The maximum absolute atomic E-state index is 13.1. The molecule has 2 nitrogen and oxygen atoms in total. The molecule has 0 amide bonds. The Hall–Kier alpha value is -0.220. The lowest BCUT2D eigenvalue weighted by Gasteiger charge is -2.40. The van der Waals surface area contributed by atoms with Crippen LogP contribution in [0.3, 0.4) is 0 Å². The Morgan fingerprint density at radius 1 is 1.06 bits per heavy atom. The van der Waals surface area contributed by atoms with Crippen molar-refractivity contribution in [2.24, 2.45) is 5.41 Å². The predicted molar refractivity (Wildman–Crippen MR) is 60.8 cm³/mol. The van der Waals surface area contributed by atoms with Crippen LogP contribution in [0.1, 0.15) is 26.2 Å². The van der Waals surface area contributed by atoms with Crippen molar-refractivity contribution in [2.45, 2.75) is 32.1 Å². The van der Waals surface area contributed by atoms with Gasteiger partial charge in [0.1, 0.15) is 0 Å². The fourth-order valence-corrected chi connectivity index (χ4v) is 2.80. The second-order valence-electron chi connectivity index (χ2n) is 5.93. The first-order valence-electron chi connectivity index (χ1n) is 6.17. The third-order valence-corrected chi connectivity index (χ3v) is 4.05. The van der Waals surface area contributed by atoms with E-state index >= 15 is 0 Å². The highest BCUT2D eigenvalue weighted by molar-refractivity contribution is 4.89. The summed E-state index contributed by atoms with van der Waals surface area (Å²) < 4.78 is 26.2. The van der Waals surface area contributed by atoms with Gasteiger partial charge in [-0.1, -0.05) is 6.92 Å². The fraction of sp³-hybridized carbons (Fsp3) is 1.00. The lowest BCUT2D eigenvalue weighted by molar-refractivity contribution is 0.00498. The summed E-state index contributed by atoms with van der Waals surface area (Å²) in [6, 6.07) is 0. The molecule has 0 spiro atoms. The van der Waals surface area contributed by atoms with Crippen LogP contribution in [0, 0.1) is 5.41 Å². The van der Waals surface area contributed by atoms with Crippen LogP contribution in [0.25, 0.3) is 0 Å². The maximum atomic E-state index is 13.1. The Bertz CT molecular complexity index is 247. The number of hydrogen-bond donors (Lipinski definition) is 0. The van der Waals surface area contributed by atoms with Crippen molar-refractivity contribution in [3.8, 4) is 0 Å². The van der Waals surface area contributed by atoms with Gasteiger partial charge in [0.2, 0.25) is 0 Å². The Kier molecular flexibility index (Phi) is 3.23. The van der Waals surface area contributed by atoms with Gasteiger partial charge in [0.05, 0.1) is 6.54 Å². The minimum Gasteiger partial charge on any atom is -0.306 e. The minimum atomic E-state index is -2.44. The SMILES string of the molecule is CN1CCC(C)(CN2CCC(F)(F)C2)CC1. The van der Waals surface area contributed by atoms with Gasteiger partial charge in [-0.2, -0.15) is 0 Å². The van der Waals surface area contributed by atoms with Crippen LogP contribution in [0.2, 0.25) is 0 Å². The molecule has 0 bridgehead atoms. The Morgan fingerprint density at radius 2 is 1.69 bits per heavy atom. The van der Waals surface area contributed by atoms with Crippen LogP contribution in [0.4, 0.5) is 8.78 Å². The molecule has 4 heteroatoms.